The highest BCUT2D eigenvalue weighted by atomic mass is 19.1. The van der Waals surface area contributed by atoms with Crippen LogP contribution in [0.5, 0.6) is 11.5 Å². The van der Waals surface area contributed by atoms with Gasteiger partial charge in [0.1, 0.15) is 17.3 Å². The zero-order valence-corrected chi connectivity index (χ0v) is 22.0. The average Bonchev–Trinajstić information content (AvgIpc) is 2.85. The Hall–Kier alpha value is -3.26. The average molecular weight is 510 g/mol. The molecule has 0 radical (unpaired) electrons. The number of carboxylic acids is 1. The minimum absolute atomic E-state index is 0.115. The molecule has 3 aromatic carbocycles. The Morgan fingerprint density at radius 2 is 1.76 bits per heavy atom. The van der Waals surface area contributed by atoms with Gasteiger partial charge in [-0.25, -0.2) is 9.18 Å². The highest BCUT2D eigenvalue weighted by Crippen LogP contribution is 2.33. The number of halogens is 1. The van der Waals surface area contributed by atoms with E-state index >= 15 is 0 Å². The van der Waals surface area contributed by atoms with Crippen LogP contribution in [0.4, 0.5) is 4.39 Å². The molecule has 0 saturated carbocycles. The topological polar surface area (TPSA) is 88.0 Å². The van der Waals surface area contributed by atoms with Gasteiger partial charge in [-0.05, 0) is 88.1 Å². The van der Waals surface area contributed by atoms with Crippen LogP contribution >= 0.6 is 0 Å². The molecule has 0 aliphatic rings. The van der Waals surface area contributed by atoms with Crippen molar-refractivity contribution in [3.63, 3.8) is 0 Å². The predicted molar refractivity (Wildman–Crippen MR) is 142 cm³/mol. The predicted octanol–water partition coefficient (Wildman–Crippen LogP) is 5.98. The maximum absolute atomic E-state index is 13.9. The molecule has 0 fully saturated rings. The Kier molecular flexibility index (Phi) is 9.43. The summed E-state index contributed by atoms with van der Waals surface area (Å²) in [5.74, 6) is -0.0465. The quantitative estimate of drug-likeness (QED) is 0.278. The van der Waals surface area contributed by atoms with E-state index in [2.05, 4.69) is 5.32 Å². The normalized spacial score (nSPS) is 13.3. The summed E-state index contributed by atoms with van der Waals surface area (Å²) < 4.78 is 25.9. The smallest absolute Gasteiger partial charge is 0.335 e. The molecule has 0 saturated heterocycles. The van der Waals surface area contributed by atoms with E-state index in [1.807, 2.05) is 51.1 Å². The Balaban J connectivity index is 1.55. The Labute approximate surface area is 218 Å². The highest BCUT2D eigenvalue weighted by Gasteiger charge is 2.21. The second-order valence-corrected chi connectivity index (χ2v) is 10.1. The summed E-state index contributed by atoms with van der Waals surface area (Å²) in [6.45, 7) is 9.89. The minimum Gasteiger partial charge on any atom is -0.478 e. The van der Waals surface area contributed by atoms with Crippen molar-refractivity contribution >= 4 is 5.97 Å². The molecule has 3 aromatic rings. The van der Waals surface area contributed by atoms with Crippen LogP contribution in [0.2, 0.25) is 0 Å². The number of rotatable bonds is 12. The molecule has 0 amide bonds. The van der Waals surface area contributed by atoms with Gasteiger partial charge in [-0.3, -0.25) is 0 Å². The fraction of sp³-hybridized carbons (Fsp3) is 0.367. The van der Waals surface area contributed by atoms with E-state index in [-0.39, 0.29) is 29.6 Å². The van der Waals surface area contributed by atoms with E-state index in [4.69, 9.17) is 9.47 Å². The van der Waals surface area contributed by atoms with Gasteiger partial charge in [-0.1, -0.05) is 30.3 Å². The Bertz CT molecular complexity index is 1230. The van der Waals surface area contributed by atoms with Crippen molar-refractivity contribution in [1.29, 1.82) is 0 Å². The molecule has 0 unspecified atom stereocenters. The number of para-hydroxylation sites is 1. The molecular formula is C30H36FNO5. The molecule has 3 rings (SSSR count). The standard InChI is InChI=1S/C30H36FNO5/c1-19-10-11-22(15-26(19)31)16-30(4,5)32-17-24(33)18-36-21(3)25-8-6-7-9-28(25)37-27-13-12-23(29(34)35)14-20(27)2/h6-15,21,24,32-33H,16-18H2,1-5H3,(H,34,35)/t21-,24-/m1/s1. The van der Waals surface area contributed by atoms with Gasteiger partial charge in [0.25, 0.3) is 0 Å². The molecule has 0 bridgehead atoms. The summed E-state index contributed by atoms with van der Waals surface area (Å²) >= 11 is 0. The van der Waals surface area contributed by atoms with E-state index in [9.17, 15) is 19.4 Å². The SMILES string of the molecule is Cc1ccc(CC(C)(C)NC[C@@H](O)CO[C@H](C)c2ccccc2Oc2ccc(C(=O)O)cc2C)cc1F. The van der Waals surface area contributed by atoms with Crippen LogP contribution < -0.4 is 10.1 Å². The van der Waals surface area contributed by atoms with Crippen LogP contribution in [-0.4, -0.2) is 41.0 Å². The molecule has 37 heavy (non-hydrogen) atoms. The lowest BCUT2D eigenvalue weighted by Gasteiger charge is -2.28. The van der Waals surface area contributed by atoms with Crippen molar-refractivity contribution < 1.29 is 28.9 Å². The number of aromatic carboxylic acids is 1. The molecule has 7 heteroatoms. The Morgan fingerprint density at radius 3 is 2.43 bits per heavy atom. The fourth-order valence-corrected chi connectivity index (χ4v) is 4.04. The molecule has 3 N–H and O–H groups in total. The van der Waals surface area contributed by atoms with Crippen molar-refractivity contribution in [2.24, 2.45) is 0 Å². The van der Waals surface area contributed by atoms with Gasteiger partial charge in [-0.15, -0.1) is 0 Å². The lowest BCUT2D eigenvalue weighted by Crippen LogP contribution is -2.46. The zero-order chi connectivity index (χ0) is 27.2. The molecule has 0 aliphatic heterocycles. The molecule has 0 aromatic heterocycles. The number of carbonyl (C=O) groups is 1. The Morgan fingerprint density at radius 1 is 1.03 bits per heavy atom. The summed E-state index contributed by atoms with van der Waals surface area (Å²) in [6.07, 6.45) is -0.477. The summed E-state index contributed by atoms with van der Waals surface area (Å²) in [5, 5.41) is 23.1. The monoisotopic (exact) mass is 509 g/mol. The third-order valence-corrected chi connectivity index (χ3v) is 6.24. The molecule has 0 aliphatic carbocycles. The van der Waals surface area contributed by atoms with Gasteiger partial charge in [0.2, 0.25) is 0 Å². The number of carboxylic acid groups (broad SMARTS) is 1. The van der Waals surface area contributed by atoms with Crippen LogP contribution in [0, 0.1) is 19.7 Å². The number of benzene rings is 3. The number of ether oxygens (including phenoxy) is 2. The molecule has 0 spiro atoms. The van der Waals surface area contributed by atoms with Gasteiger partial charge in [-0.2, -0.15) is 0 Å². The number of aliphatic hydroxyl groups excluding tert-OH is 1. The molecule has 2 atom stereocenters. The molecule has 0 heterocycles. The molecule has 198 valence electrons. The number of aryl methyl sites for hydroxylation is 2. The van der Waals surface area contributed by atoms with Gasteiger partial charge in [0.15, 0.2) is 0 Å². The number of nitrogens with one attached hydrogen (secondary N) is 1. The van der Waals surface area contributed by atoms with E-state index in [0.29, 0.717) is 35.6 Å². The van der Waals surface area contributed by atoms with Crippen molar-refractivity contribution in [3.8, 4) is 11.5 Å². The largest absolute Gasteiger partial charge is 0.478 e. The first kappa shape index (κ1) is 28.3. The first-order valence-corrected chi connectivity index (χ1v) is 12.4. The number of aliphatic hydroxyl groups is 1. The minimum atomic E-state index is -0.988. The van der Waals surface area contributed by atoms with Gasteiger partial charge < -0.3 is 25.0 Å². The number of hydrogen-bond donors (Lipinski definition) is 3. The first-order chi connectivity index (χ1) is 17.4. The van der Waals surface area contributed by atoms with Gasteiger partial charge >= 0.3 is 5.97 Å². The van der Waals surface area contributed by atoms with Crippen LogP contribution in [0.25, 0.3) is 0 Å². The zero-order valence-electron chi connectivity index (χ0n) is 22.0. The number of hydrogen-bond acceptors (Lipinski definition) is 5. The van der Waals surface area contributed by atoms with E-state index < -0.39 is 12.1 Å². The van der Waals surface area contributed by atoms with Crippen molar-refractivity contribution in [3.05, 3.63) is 94.3 Å². The lowest BCUT2D eigenvalue weighted by atomic mass is 9.94. The summed E-state index contributed by atoms with van der Waals surface area (Å²) in [5.41, 5.74) is 2.89. The third-order valence-electron chi connectivity index (χ3n) is 6.24. The highest BCUT2D eigenvalue weighted by molar-refractivity contribution is 5.88. The summed E-state index contributed by atoms with van der Waals surface area (Å²) in [4.78, 5) is 11.2. The van der Waals surface area contributed by atoms with E-state index in [0.717, 1.165) is 11.1 Å². The summed E-state index contributed by atoms with van der Waals surface area (Å²) in [6, 6.07) is 17.4. The van der Waals surface area contributed by atoms with E-state index in [1.165, 1.54) is 6.07 Å². The second kappa shape index (κ2) is 12.3. The number of β-amino-alcohol motifs (C(OH)–C–C–N with tert-alkyl or cyclic N) is 1. The summed E-state index contributed by atoms with van der Waals surface area (Å²) in [7, 11) is 0. The van der Waals surface area contributed by atoms with Gasteiger partial charge in [0, 0.05) is 17.6 Å². The lowest BCUT2D eigenvalue weighted by molar-refractivity contribution is -0.00481. The van der Waals surface area contributed by atoms with Crippen LogP contribution in [-0.2, 0) is 11.2 Å². The van der Waals surface area contributed by atoms with Crippen LogP contribution in [0.3, 0.4) is 0 Å². The molecule has 6 nitrogen and oxygen atoms in total. The van der Waals surface area contributed by atoms with Crippen molar-refractivity contribution in [1.82, 2.24) is 5.32 Å². The van der Waals surface area contributed by atoms with Crippen LogP contribution in [0.15, 0.2) is 60.7 Å². The fourth-order valence-electron chi connectivity index (χ4n) is 4.04. The van der Waals surface area contributed by atoms with E-state index in [1.54, 1.807) is 38.1 Å². The second-order valence-electron chi connectivity index (χ2n) is 10.1. The third kappa shape index (κ3) is 8.12. The maximum Gasteiger partial charge on any atom is 0.335 e. The first-order valence-electron chi connectivity index (χ1n) is 12.4. The maximum atomic E-state index is 13.9. The van der Waals surface area contributed by atoms with Crippen molar-refractivity contribution in [2.45, 2.75) is 58.8 Å². The van der Waals surface area contributed by atoms with Crippen LogP contribution in [0.1, 0.15) is 59.5 Å². The van der Waals surface area contributed by atoms with Gasteiger partial charge in [0.05, 0.1) is 24.4 Å². The molecular weight excluding hydrogens is 473 g/mol. The van der Waals surface area contributed by atoms with Crippen molar-refractivity contribution in [2.75, 3.05) is 13.2 Å².